The van der Waals surface area contributed by atoms with Gasteiger partial charge in [-0.3, -0.25) is 9.59 Å². The van der Waals surface area contributed by atoms with E-state index >= 15 is 0 Å². The molecular formula is C15H15N3O3. The number of carbonyl (C=O) groups excluding carboxylic acids is 2. The highest BCUT2D eigenvalue weighted by Crippen LogP contribution is 2.19. The van der Waals surface area contributed by atoms with Gasteiger partial charge in [-0.25, -0.2) is 5.43 Å². The van der Waals surface area contributed by atoms with Gasteiger partial charge in [0.1, 0.15) is 17.1 Å². The van der Waals surface area contributed by atoms with E-state index in [4.69, 9.17) is 4.42 Å². The zero-order valence-electron chi connectivity index (χ0n) is 11.6. The normalized spacial score (nSPS) is 14.7. The van der Waals surface area contributed by atoms with E-state index in [1.165, 1.54) is 4.90 Å². The lowest BCUT2D eigenvalue weighted by Crippen LogP contribution is -2.37. The first kappa shape index (κ1) is 13.4. The third-order valence-electron chi connectivity index (χ3n) is 3.37. The fourth-order valence-electron chi connectivity index (χ4n) is 2.27. The van der Waals surface area contributed by atoms with Crippen LogP contribution < -0.4 is 5.43 Å². The van der Waals surface area contributed by atoms with Crippen LogP contribution in [0.4, 0.5) is 0 Å². The molecule has 0 fully saturated rings. The van der Waals surface area contributed by atoms with Gasteiger partial charge in [-0.2, -0.15) is 5.10 Å². The third kappa shape index (κ3) is 2.79. The van der Waals surface area contributed by atoms with E-state index in [0.29, 0.717) is 30.9 Å². The van der Waals surface area contributed by atoms with Gasteiger partial charge in [0.2, 0.25) is 5.91 Å². The van der Waals surface area contributed by atoms with Crippen LogP contribution in [-0.4, -0.2) is 29.5 Å². The Bertz CT molecular complexity index is 700. The number of rotatable bonds is 3. The Balaban J connectivity index is 1.72. The molecule has 0 bridgehead atoms. The fraction of sp³-hybridized carbons (Fsp3) is 0.267. The maximum Gasteiger partial charge on any atom is 0.270 e. The number of hydrogen-bond donors (Lipinski definition) is 1. The standard InChI is InChI=1S/C15H15N3O3/c1-18(15(20)12-6-7-14(19)17-16-12)9-11-8-10-4-2-3-5-13(10)21-11/h2-5,8H,6-7,9H2,1H3,(H,17,19). The largest absolute Gasteiger partial charge is 0.459 e. The first-order chi connectivity index (χ1) is 10.1. The molecular weight excluding hydrogens is 270 g/mol. The molecule has 3 rings (SSSR count). The molecule has 0 spiro atoms. The van der Waals surface area contributed by atoms with Gasteiger partial charge in [0.05, 0.1) is 6.54 Å². The van der Waals surface area contributed by atoms with Crippen molar-refractivity contribution in [2.45, 2.75) is 19.4 Å². The van der Waals surface area contributed by atoms with Crippen molar-refractivity contribution in [3.05, 3.63) is 36.1 Å². The van der Waals surface area contributed by atoms with Crippen LogP contribution in [0.5, 0.6) is 0 Å². The molecule has 0 radical (unpaired) electrons. The predicted molar refractivity (Wildman–Crippen MR) is 77.5 cm³/mol. The molecule has 108 valence electrons. The van der Waals surface area contributed by atoms with Gasteiger partial charge in [0, 0.05) is 25.3 Å². The van der Waals surface area contributed by atoms with Crippen LogP contribution in [0, 0.1) is 0 Å². The van der Waals surface area contributed by atoms with Gasteiger partial charge in [0.15, 0.2) is 0 Å². The number of furan rings is 1. The smallest absolute Gasteiger partial charge is 0.270 e. The zero-order valence-corrected chi connectivity index (χ0v) is 11.6. The van der Waals surface area contributed by atoms with E-state index in [0.717, 1.165) is 11.0 Å². The molecule has 2 heterocycles. The molecule has 1 aromatic carbocycles. The summed E-state index contributed by atoms with van der Waals surface area (Å²) in [6, 6.07) is 9.62. The summed E-state index contributed by atoms with van der Waals surface area (Å²) in [6.07, 6.45) is 0.665. The molecule has 21 heavy (non-hydrogen) atoms. The SMILES string of the molecule is CN(Cc1cc2ccccc2o1)C(=O)C1=NNC(=O)CC1. The molecule has 0 saturated heterocycles. The summed E-state index contributed by atoms with van der Waals surface area (Å²) in [5, 5.41) is 4.82. The molecule has 1 N–H and O–H groups in total. The maximum atomic E-state index is 12.2. The number of para-hydroxylation sites is 1. The minimum atomic E-state index is -0.199. The Morgan fingerprint density at radius 1 is 1.38 bits per heavy atom. The second-order valence-electron chi connectivity index (χ2n) is 5.01. The van der Waals surface area contributed by atoms with Crippen molar-refractivity contribution in [1.29, 1.82) is 0 Å². The Kier molecular flexibility index (Phi) is 3.43. The molecule has 0 unspecified atom stereocenters. The molecule has 0 saturated carbocycles. The van der Waals surface area contributed by atoms with Crippen molar-refractivity contribution in [2.24, 2.45) is 5.10 Å². The van der Waals surface area contributed by atoms with Gasteiger partial charge >= 0.3 is 0 Å². The molecule has 1 aliphatic rings. The number of fused-ring (bicyclic) bond motifs is 1. The summed E-state index contributed by atoms with van der Waals surface area (Å²) in [5.41, 5.74) is 3.50. The van der Waals surface area contributed by atoms with Gasteiger partial charge in [-0.1, -0.05) is 18.2 Å². The number of carbonyl (C=O) groups is 2. The van der Waals surface area contributed by atoms with E-state index in [9.17, 15) is 9.59 Å². The van der Waals surface area contributed by atoms with Crippen LogP contribution >= 0.6 is 0 Å². The van der Waals surface area contributed by atoms with Crippen LogP contribution in [0.3, 0.4) is 0 Å². The van der Waals surface area contributed by atoms with E-state index < -0.39 is 0 Å². The lowest BCUT2D eigenvalue weighted by atomic mass is 10.1. The van der Waals surface area contributed by atoms with Crippen molar-refractivity contribution >= 4 is 28.5 Å². The summed E-state index contributed by atoms with van der Waals surface area (Å²) >= 11 is 0. The van der Waals surface area contributed by atoms with Crippen molar-refractivity contribution in [1.82, 2.24) is 10.3 Å². The number of nitrogens with zero attached hydrogens (tertiary/aromatic N) is 2. The molecule has 1 aromatic heterocycles. The minimum Gasteiger partial charge on any atom is -0.459 e. The van der Waals surface area contributed by atoms with Crippen LogP contribution in [0.1, 0.15) is 18.6 Å². The second kappa shape index (κ2) is 5.40. The second-order valence-corrected chi connectivity index (χ2v) is 5.01. The molecule has 0 aliphatic carbocycles. The number of hydrazone groups is 1. The quantitative estimate of drug-likeness (QED) is 0.931. The summed E-state index contributed by atoms with van der Waals surface area (Å²) in [5.74, 6) is 0.356. The highest BCUT2D eigenvalue weighted by Gasteiger charge is 2.22. The minimum absolute atomic E-state index is 0.161. The topological polar surface area (TPSA) is 74.9 Å². The van der Waals surface area contributed by atoms with Gasteiger partial charge in [-0.15, -0.1) is 0 Å². The van der Waals surface area contributed by atoms with E-state index in [1.54, 1.807) is 7.05 Å². The Hall–Kier alpha value is -2.63. The number of benzene rings is 1. The summed E-state index contributed by atoms with van der Waals surface area (Å²) in [7, 11) is 1.69. The highest BCUT2D eigenvalue weighted by atomic mass is 16.3. The molecule has 1 aliphatic heterocycles. The molecule has 0 atom stereocenters. The molecule has 6 heteroatoms. The van der Waals surface area contributed by atoms with Crippen LogP contribution in [0.2, 0.25) is 0 Å². The van der Waals surface area contributed by atoms with Crippen LogP contribution in [0.25, 0.3) is 11.0 Å². The fourth-order valence-corrected chi connectivity index (χ4v) is 2.27. The van der Waals surface area contributed by atoms with Gasteiger partial charge < -0.3 is 9.32 Å². The monoisotopic (exact) mass is 285 g/mol. The number of hydrogen-bond acceptors (Lipinski definition) is 4. The average Bonchev–Trinajstić information content (AvgIpc) is 2.89. The molecule has 2 amide bonds. The predicted octanol–water partition coefficient (Wildman–Crippen LogP) is 1.66. The van der Waals surface area contributed by atoms with Crippen LogP contribution in [0.15, 0.2) is 39.9 Å². The van der Waals surface area contributed by atoms with Crippen molar-refractivity contribution in [3.8, 4) is 0 Å². The summed E-state index contributed by atoms with van der Waals surface area (Å²) in [6.45, 7) is 0.362. The Morgan fingerprint density at radius 3 is 2.90 bits per heavy atom. The lowest BCUT2D eigenvalue weighted by Gasteiger charge is -2.18. The third-order valence-corrected chi connectivity index (χ3v) is 3.37. The van der Waals surface area contributed by atoms with Crippen molar-refractivity contribution in [2.75, 3.05) is 7.05 Å². The first-order valence-corrected chi connectivity index (χ1v) is 6.72. The van der Waals surface area contributed by atoms with E-state index in [2.05, 4.69) is 10.5 Å². The van der Waals surface area contributed by atoms with E-state index in [-0.39, 0.29) is 11.8 Å². The zero-order chi connectivity index (χ0) is 14.8. The molecule has 2 aromatic rings. The van der Waals surface area contributed by atoms with Crippen molar-refractivity contribution in [3.63, 3.8) is 0 Å². The number of amides is 2. The van der Waals surface area contributed by atoms with Gasteiger partial charge in [0.25, 0.3) is 5.91 Å². The number of nitrogens with one attached hydrogen (secondary N) is 1. The highest BCUT2D eigenvalue weighted by molar-refractivity contribution is 6.39. The van der Waals surface area contributed by atoms with Crippen molar-refractivity contribution < 1.29 is 14.0 Å². The Morgan fingerprint density at radius 2 is 2.19 bits per heavy atom. The first-order valence-electron chi connectivity index (χ1n) is 6.72. The van der Waals surface area contributed by atoms with Gasteiger partial charge in [-0.05, 0) is 12.1 Å². The molecule has 6 nitrogen and oxygen atoms in total. The van der Waals surface area contributed by atoms with Crippen LogP contribution in [-0.2, 0) is 16.1 Å². The Labute approximate surface area is 121 Å². The summed E-state index contributed by atoms with van der Waals surface area (Å²) < 4.78 is 5.69. The van der Waals surface area contributed by atoms with E-state index in [1.807, 2.05) is 30.3 Å². The maximum absolute atomic E-state index is 12.2. The summed E-state index contributed by atoms with van der Waals surface area (Å²) in [4.78, 5) is 24.8. The lowest BCUT2D eigenvalue weighted by molar-refractivity contribution is -0.124. The average molecular weight is 285 g/mol.